The first-order chi connectivity index (χ1) is 7.81. The number of halogens is 1. The molecule has 84 valence electrons. The van der Waals surface area contributed by atoms with Crippen molar-refractivity contribution in [3.63, 3.8) is 0 Å². The summed E-state index contributed by atoms with van der Waals surface area (Å²) in [5, 5.41) is 3.84. The van der Waals surface area contributed by atoms with Crippen molar-refractivity contribution in [1.29, 1.82) is 0 Å². The normalized spacial score (nSPS) is 10.6. The van der Waals surface area contributed by atoms with E-state index in [-0.39, 0.29) is 0 Å². The minimum absolute atomic E-state index is 0.568. The van der Waals surface area contributed by atoms with E-state index in [1.54, 1.807) is 6.26 Å². The third-order valence-electron chi connectivity index (χ3n) is 2.21. The van der Waals surface area contributed by atoms with E-state index in [2.05, 4.69) is 17.2 Å². The molecular weight excluding hydrogens is 224 g/mol. The fourth-order valence-electron chi connectivity index (χ4n) is 1.40. The van der Waals surface area contributed by atoms with Gasteiger partial charge in [-0.2, -0.15) is 0 Å². The van der Waals surface area contributed by atoms with E-state index in [4.69, 9.17) is 16.0 Å². The Morgan fingerprint density at radius 1 is 1.38 bits per heavy atom. The van der Waals surface area contributed by atoms with Crippen molar-refractivity contribution in [3.05, 3.63) is 41.2 Å². The van der Waals surface area contributed by atoms with E-state index in [0.29, 0.717) is 17.5 Å². The summed E-state index contributed by atoms with van der Waals surface area (Å²) in [5.41, 5.74) is 1.71. The highest BCUT2D eigenvalue weighted by Gasteiger charge is 2.09. The molecule has 2 aromatic rings. The molecule has 0 aliphatic carbocycles. The first-order valence-electron chi connectivity index (χ1n) is 5.21. The smallest absolute Gasteiger partial charge is 0.227 e. The van der Waals surface area contributed by atoms with Crippen LogP contribution in [0.1, 0.15) is 12.6 Å². The molecule has 3 nitrogen and oxygen atoms in total. The highest BCUT2D eigenvalue weighted by molar-refractivity contribution is 6.33. The van der Waals surface area contributed by atoms with Gasteiger partial charge in [0.2, 0.25) is 5.89 Å². The fraction of sp³-hybridized carbons (Fsp3) is 0.250. The van der Waals surface area contributed by atoms with Gasteiger partial charge >= 0.3 is 0 Å². The Balaban J connectivity index is 2.22. The number of oxazole rings is 1. The van der Waals surface area contributed by atoms with E-state index in [9.17, 15) is 0 Å². The lowest BCUT2D eigenvalue weighted by atomic mass is 10.2. The van der Waals surface area contributed by atoms with Crippen molar-refractivity contribution >= 4 is 11.6 Å². The Morgan fingerprint density at radius 2 is 2.19 bits per heavy atom. The summed E-state index contributed by atoms with van der Waals surface area (Å²) in [6, 6.07) is 7.51. The topological polar surface area (TPSA) is 38.1 Å². The van der Waals surface area contributed by atoms with Gasteiger partial charge in [-0.1, -0.05) is 30.7 Å². The standard InChI is InChI=1S/C12H13ClN2O/c1-2-14-7-9-8-16-12(15-9)10-5-3-4-6-11(10)13/h3-6,8,14H,2,7H2,1H3. The second-order valence-electron chi connectivity index (χ2n) is 3.40. The van der Waals surface area contributed by atoms with Gasteiger partial charge in [-0.15, -0.1) is 0 Å². The van der Waals surface area contributed by atoms with Crippen LogP contribution in [-0.4, -0.2) is 11.5 Å². The number of aromatic nitrogens is 1. The molecule has 0 spiro atoms. The van der Waals surface area contributed by atoms with E-state index >= 15 is 0 Å². The minimum Gasteiger partial charge on any atom is -0.444 e. The first kappa shape index (κ1) is 11.2. The lowest BCUT2D eigenvalue weighted by Gasteiger charge is -1.97. The van der Waals surface area contributed by atoms with Crippen LogP contribution >= 0.6 is 11.6 Å². The molecule has 0 saturated carbocycles. The Bertz CT molecular complexity index is 468. The van der Waals surface area contributed by atoms with Gasteiger partial charge in [0.25, 0.3) is 0 Å². The maximum Gasteiger partial charge on any atom is 0.227 e. The first-order valence-corrected chi connectivity index (χ1v) is 5.59. The van der Waals surface area contributed by atoms with Gasteiger partial charge in [-0.05, 0) is 18.7 Å². The number of nitrogens with one attached hydrogen (secondary N) is 1. The van der Waals surface area contributed by atoms with Crippen molar-refractivity contribution < 1.29 is 4.42 Å². The van der Waals surface area contributed by atoms with E-state index in [1.165, 1.54) is 0 Å². The third-order valence-corrected chi connectivity index (χ3v) is 2.54. The Morgan fingerprint density at radius 3 is 2.94 bits per heavy atom. The average molecular weight is 237 g/mol. The van der Waals surface area contributed by atoms with Crippen LogP contribution in [0.25, 0.3) is 11.5 Å². The zero-order chi connectivity index (χ0) is 11.4. The maximum atomic E-state index is 6.06. The highest BCUT2D eigenvalue weighted by atomic mass is 35.5. The average Bonchev–Trinajstić information content (AvgIpc) is 2.75. The zero-order valence-electron chi connectivity index (χ0n) is 9.03. The van der Waals surface area contributed by atoms with Gasteiger partial charge in [0.15, 0.2) is 0 Å². The van der Waals surface area contributed by atoms with Crippen molar-refractivity contribution in [2.24, 2.45) is 0 Å². The molecule has 0 unspecified atom stereocenters. The minimum atomic E-state index is 0.568. The number of hydrogen-bond donors (Lipinski definition) is 1. The van der Waals surface area contributed by atoms with Crippen molar-refractivity contribution in [1.82, 2.24) is 10.3 Å². The summed E-state index contributed by atoms with van der Waals surface area (Å²) in [6.45, 7) is 3.67. The molecule has 0 radical (unpaired) electrons. The SMILES string of the molecule is CCNCc1coc(-c2ccccc2Cl)n1. The Kier molecular flexibility index (Phi) is 3.59. The van der Waals surface area contributed by atoms with Crippen LogP contribution in [-0.2, 0) is 6.54 Å². The second kappa shape index (κ2) is 5.14. The second-order valence-corrected chi connectivity index (χ2v) is 3.81. The molecule has 16 heavy (non-hydrogen) atoms. The van der Waals surface area contributed by atoms with Crippen molar-refractivity contribution in [2.45, 2.75) is 13.5 Å². The molecule has 0 amide bonds. The van der Waals surface area contributed by atoms with Crippen LogP contribution < -0.4 is 5.32 Å². The molecule has 2 rings (SSSR count). The monoisotopic (exact) mass is 236 g/mol. The number of nitrogens with zero attached hydrogens (tertiary/aromatic N) is 1. The molecule has 0 aliphatic rings. The molecular formula is C12H13ClN2O. The Labute approximate surface area is 99.5 Å². The third kappa shape index (κ3) is 2.43. The zero-order valence-corrected chi connectivity index (χ0v) is 9.79. The van der Waals surface area contributed by atoms with Crippen LogP contribution in [0.5, 0.6) is 0 Å². The molecule has 4 heteroatoms. The van der Waals surface area contributed by atoms with E-state index < -0.39 is 0 Å². The molecule has 0 aliphatic heterocycles. The lowest BCUT2D eigenvalue weighted by Crippen LogP contribution is -2.11. The molecule has 0 fully saturated rings. The van der Waals surface area contributed by atoms with Crippen LogP contribution in [0.2, 0.25) is 5.02 Å². The largest absolute Gasteiger partial charge is 0.444 e. The fourth-order valence-corrected chi connectivity index (χ4v) is 1.62. The number of hydrogen-bond acceptors (Lipinski definition) is 3. The summed E-state index contributed by atoms with van der Waals surface area (Å²) in [4.78, 5) is 4.37. The molecule has 1 aromatic heterocycles. The predicted octanol–water partition coefficient (Wildman–Crippen LogP) is 3.10. The molecule has 1 aromatic carbocycles. The van der Waals surface area contributed by atoms with Crippen molar-refractivity contribution in [2.75, 3.05) is 6.54 Å². The predicted molar refractivity (Wildman–Crippen MR) is 64.3 cm³/mol. The van der Waals surface area contributed by atoms with Gasteiger partial charge in [0, 0.05) is 6.54 Å². The van der Waals surface area contributed by atoms with Crippen LogP contribution in [0, 0.1) is 0 Å². The van der Waals surface area contributed by atoms with Gasteiger partial charge in [-0.25, -0.2) is 4.98 Å². The summed E-state index contributed by atoms with van der Waals surface area (Å²) >= 11 is 6.06. The quantitative estimate of drug-likeness (QED) is 0.887. The van der Waals surface area contributed by atoms with Gasteiger partial charge < -0.3 is 9.73 Å². The molecule has 1 N–H and O–H groups in total. The number of rotatable bonds is 4. The summed E-state index contributed by atoms with van der Waals surface area (Å²) in [5.74, 6) is 0.568. The molecule has 0 atom stereocenters. The van der Waals surface area contributed by atoms with Gasteiger partial charge in [-0.3, -0.25) is 0 Å². The lowest BCUT2D eigenvalue weighted by molar-refractivity contribution is 0.571. The maximum absolute atomic E-state index is 6.06. The molecule has 0 saturated heterocycles. The van der Waals surface area contributed by atoms with E-state index in [1.807, 2.05) is 24.3 Å². The highest BCUT2D eigenvalue weighted by Crippen LogP contribution is 2.26. The molecule has 1 heterocycles. The summed E-state index contributed by atoms with van der Waals surface area (Å²) in [6.07, 6.45) is 1.65. The van der Waals surface area contributed by atoms with E-state index in [0.717, 1.165) is 17.8 Å². The van der Waals surface area contributed by atoms with Crippen LogP contribution in [0.3, 0.4) is 0 Å². The van der Waals surface area contributed by atoms with Crippen LogP contribution in [0.15, 0.2) is 34.9 Å². The van der Waals surface area contributed by atoms with Crippen LogP contribution in [0.4, 0.5) is 0 Å². The number of benzene rings is 1. The van der Waals surface area contributed by atoms with Gasteiger partial charge in [0.1, 0.15) is 6.26 Å². The molecule has 0 bridgehead atoms. The summed E-state index contributed by atoms with van der Waals surface area (Å²) < 4.78 is 5.39. The van der Waals surface area contributed by atoms with Gasteiger partial charge in [0.05, 0.1) is 16.3 Å². The summed E-state index contributed by atoms with van der Waals surface area (Å²) in [7, 11) is 0. The Hall–Kier alpha value is -1.32. The van der Waals surface area contributed by atoms with Crippen molar-refractivity contribution in [3.8, 4) is 11.5 Å².